The van der Waals surface area contributed by atoms with Crippen LogP contribution in [-0.2, 0) is 0 Å². The largest absolute Gasteiger partial charge is 0.397 e. The van der Waals surface area contributed by atoms with Crippen LogP contribution in [-0.4, -0.2) is 9.13 Å². The van der Waals surface area contributed by atoms with Crippen molar-refractivity contribution in [3.05, 3.63) is 152 Å². The van der Waals surface area contributed by atoms with Crippen molar-refractivity contribution in [3.63, 3.8) is 0 Å². The Balaban J connectivity index is 1.14. The van der Waals surface area contributed by atoms with E-state index in [2.05, 4.69) is 142 Å². The van der Waals surface area contributed by atoms with Gasteiger partial charge in [-0.2, -0.15) is 5.11 Å². The van der Waals surface area contributed by atoms with Gasteiger partial charge in [-0.3, -0.25) is 0 Å². The van der Waals surface area contributed by atoms with Gasteiger partial charge in [0.05, 0.1) is 39.1 Å². The van der Waals surface area contributed by atoms with Gasteiger partial charge < -0.3 is 14.9 Å². The molecule has 5 nitrogen and oxygen atoms in total. The highest BCUT2D eigenvalue weighted by atomic mass is 15.1. The molecule has 0 unspecified atom stereocenters. The molecule has 9 aromatic rings. The van der Waals surface area contributed by atoms with Crippen LogP contribution in [0, 0.1) is 0 Å². The molecular weight excluding hydrogens is 550 g/mol. The van der Waals surface area contributed by atoms with E-state index < -0.39 is 0 Å². The lowest BCUT2D eigenvalue weighted by Gasteiger charge is -2.14. The molecule has 2 N–H and O–H groups in total. The van der Waals surface area contributed by atoms with Crippen LogP contribution >= 0.6 is 0 Å². The molecule has 7 aromatic carbocycles. The first kappa shape index (κ1) is 25.3. The highest BCUT2D eigenvalue weighted by Crippen LogP contribution is 2.41. The number of para-hydroxylation sites is 4. The smallest absolute Gasteiger partial charge is 0.117 e. The van der Waals surface area contributed by atoms with E-state index in [0.29, 0.717) is 11.4 Å². The van der Waals surface area contributed by atoms with Crippen molar-refractivity contribution in [2.24, 2.45) is 10.2 Å². The summed E-state index contributed by atoms with van der Waals surface area (Å²) < 4.78 is 4.60. The summed E-state index contributed by atoms with van der Waals surface area (Å²) in [5.41, 5.74) is 15.5. The molecule has 2 heterocycles. The van der Waals surface area contributed by atoms with Crippen LogP contribution in [0.1, 0.15) is 0 Å². The van der Waals surface area contributed by atoms with Gasteiger partial charge in [-0.05, 0) is 54.6 Å². The molecule has 0 fully saturated rings. The number of fused-ring (bicyclic) bond motifs is 7. The van der Waals surface area contributed by atoms with Crippen molar-refractivity contribution in [1.29, 1.82) is 0 Å². The van der Waals surface area contributed by atoms with Gasteiger partial charge in [0.15, 0.2) is 0 Å². The fraction of sp³-hybridized carbons (Fsp3) is 0. The van der Waals surface area contributed by atoms with Gasteiger partial charge >= 0.3 is 0 Å². The number of azo groups is 1. The standard InChI is InChI=1S/C40H27N5/c41-34-25-39(45-37-19-9-5-13-30(37)31-14-6-10-20-38(31)45)32-15-1-2-16-33(32)40(34)43-42-26-21-23-27(24-22-26)44-35-17-7-3-11-28(35)29-12-4-8-18-36(29)44/h1-25H,41H2. The number of anilines is 1. The van der Waals surface area contributed by atoms with Crippen LogP contribution in [0.25, 0.3) is 65.8 Å². The van der Waals surface area contributed by atoms with Crippen LogP contribution in [0.4, 0.5) is 17.1 Å². The Kier molecular flexibility index (Phi) is 5.59. The molecule has 0 aliphatic rings. The maximum absolute atomic E-state index is 6.77. The second kappa shape index (κ2) is 9.93. The van der Waals surface area contributed by atoms with Gasteiger partial charge in [0.1, 0.15) is 5.69 Å². The maximum Gasteiger partial charge on any atom is 0.117 e. The summed E-state index contributed by atoms with van der Waals surface area (Å²) in [6.45, 7) is 0. The van der Waals surface area contributed by atoms with Crippen LogP contribution in [0.2, 0.25) is 0 Å². The topological polar surface area (TPSA) is 60.6 Å². The van der Waals surface area contributed by atoms with E-state index >= 15 is 0 Å². The SMILES string of the molecule is Nc1cc(-n2c3ccccc3c3ccccc32)c2ccccc2c1N=Nc1ccc(-n2c3ccccc3c3ccccc32)cc1. The molecule has 2 aromatic heterocycles. The van der Waals surface area contributed by atoms with E-state index in [1.807, 2.05) is 24.3 Å². The minimum Gasteiger partial charge on any atom is -0.397 e. The van der Waals surface area contributed by atoms with Crippen molar-refractivity contribution in [2.45, 2.75) is 0 Å². The van der Waals surface area contributed by atoms with Crippen molar-refractivity contribution in [3.8, 4) is 11.4 Å². The lowest BCUT2D eigenvalue weighted by atomic mass is 10.0. The van der Waals surface area contributed by atoms with Gasteiger partial charge in [0.25, 0.3) is 0 Å². The van der Waals surface area contributed by atoms with Crippen molar-refractivity contribution in [2.75, 3.05) is 5.73 Å². The molecule has 0 atom stereocenters. The second-order valence-corrected chi connectivity index (χ2v) is 11.3. The Labute approximate surface area is 259 Å². The van der Waals surface area contributed by atoms with Crippen LogP contribution in [0.3, 0.4) is 0 Å². The van der Waals surface area contributed by atoms with E-state index in [0.717, 1.165) is 38.9 Å². The maximum atomic E-state index is 6.77. The minimum atomic E-state index is 0.580. The Hall–Kier alpha value is -6.20. The average molecular weight is 578 g/mol. The first-order valence-electron chi connectivity index (χ1n) is 15.1. The zero-order chi connectivity index (χ0) is 29.9. The third kappa shape index (κ3) is 3.88. The van der Waals surface area contributed by atoms with Crippen molar-refractivity contribution >= 4 is 71.4 Å². The predicted molar refractivity (Wildman–Crippen MR) is 188 cm³/mol. The van der Waals surface area contributed by atoms with E-state index in [-0.39, 0.29) is 0 Å². The molecule has 212 valence electrons. The summed E-state index contributed by atoms with van der Waals surface area (Å²) in [7, 11) is 0. The van der Waals surface area contributed by atoms with E-state index in [4.69, 9.17) is 10.8 Å². The molecule has 0 bridgehead atoms. The Morgan fingerprint density at radius 3 is 1.33 bits per heavy atom. The Bertz CT molecular complexity index is 2500. The van der Waals surface area contributed by atoms with Crippen molar-refractivity contribution < 1.29 is 0 Å². The number of benzene rings is 7. The summed E-state index contributed by atoms with van der Waals surface area (Å²) in [6.07, 6.45) is 0. The van der Waals surface area contributed by atoms with Gasteiger partial charge in [-0.15, -0.1) is 5.11 Å². The molecular formula is C40H27N5. The molecule has 0 amide bonds. The Morgan fingerprint density at radius 1 is 0.400 bits per heavy atom. The number of hydrogen-bond acceptors (Lipinski definition) is 3. The molecule has 0 radical (unpaired) electrons. The first-order chi connectivity index (χ1) is 22.3. The summed E-state index contributed by atoms with van der Waals surface area (Å²) in [4.78, 5) is 0. The van der Waals surface area contributed by atoms with Gasteiger partial charge in [0.2, 0.25) is 0 Å². The molecule has 5 heteroatoms. The van der Waals surface area contributed by atoms with Gasteiger partial charge in [-0.1, -0.05) is 97.1 Å². The molecule has 0 saturated heterocycles. The first-order valence-corrected chi connectivity index (χ1v) is 15.1. The molecule has 0 aliphatic carbocycles. The number of aromatic nitrogens is 2. The van der Waals surface area contributed by atoms with E-state index in [1.165, 1.54) is 32.6 Å². The fourth-order valence-corrected chi connectivity index (χ4v) is 6.82. The predicted octanol–water partition coefficient (Wildman–Crippen LogP) is 11.0. The van der Waals surface area contributed by atoms with Gasteiger partial charge in [-0.25, -0.2) is 0 Å². The third-order valence-electron chi connectivity index (χ3n) is 8.80. The van der Waals surface area contributed by atoms with Crippen LogP contribution < -0.4 is 5.73 Å². The lowest BCUT2D eigenvalue weighted by molar-refractivity contribution is 1.17. The second-order valence-electron chi connectivity index (χ2n) is 11.3. The van der Waals surface area contributed by atoms with Crippen LogP contribution in [0.5, 0.6) is 0 Å². The van der Waals surface area contributed by atoms with E-state index in [1.54, 1.807) is 0 Å². The summed E-state index contributed by atoms with van der Waals surface area (Å²) in [6, 6.07) is 52.6. The zero-order valence-corrected chi connectivity index (χ0v) is 24.3. The number of hydrogen-bond donors (Lipinski definition) is 1. The highest BCUT2D eigenvalue weighted by Gasteiger charge is 2.17. The molecule has 0 spiro atoms. The van der Waals surface area contributed by atoms with Crippen molar-refractivity contribution in [1.82, 2.24) is 9.13 Å². The molecule has 45 heavy (non-hydrogen) atoms. The normalized spacial score (nSPS) is 12.0. The van der Waals surface area contributed by atoms with E-state index in [9.17, 15) is 0 Å². The molecule has 0 aliphatic heterocycles. The Morgan fingerprint density at radius 2 is 0.822 bits per heavy atom. The third-order valence-corrected chi connectivity index (χ3v) is 8.80. The van der Waals surface area contributed by atoms with Gasteiger partial charge in [0, 0.05) is 38.0 Å². The highest BCUT2D eigenvalue weighted by molar-refractivity contribution is 6.12. The lowest BCUT2D eigenvalue weighted by Crippen LogP contribution is -1.98. The quantitative estimate of drug-likeness (QED) is 0.164. The average Bonchev–Trinajstić information content (AvgIpc) is 3.61. The summed E-state index contributed by atoms with van der Waals surface area (Å²) in [5, 5.41) is 16.3. The number of nitrogen functional groups attached to an aromatic ring is 1. The monoisotopic (exact) mass is 577 g/mol. The fourth-order valence-electron chi connectivity index (χ4n) is 6.82. The zero-order valence-electron chi connectivity index (χ0n) is 24.3. The number of rotatable bonds is 4. The molecule has 9 rings (SSSR count). The number of nitrogens with zero attached hydrogens (tertiary/aromatic N) is 4. The summed E-state index contributed by atoms with van der Waals surface area (Å²) >= 11 is 0. The van der Waals surface area contributed by atoms with Crippen LogP contribution in [0.15, 0.2) is 162 Å². The minimum absolute atomic E-state index is 0.580. The molecule has 0 saturated carbocycles. The number of nitrogens with two attached hydrogens (primary N) is 1. The summed E-state index contributed by atoms with van der Waals surface area (Å²) in [5.74, 6) is 0.